The molecule has 2 atom stereocenters. The first kappa shape index (κ1) is 16.6. The zero-order chi connectivity index (χ0) is 17.1. The fourth-order valence-corrected chi connectivity index (χ4v) is 3.97. The number of fused-ring (bicyclic) bond motifs is 1. The highest BCUT2D eigenvalue weighted by Gasteiger charge is 2.37. The van der Waals surface area contributed by atoms with Gasteiger partial charge in [0, 0.05) is 57.4 Å². The Morgan fingerprint density at radius 3 is 2.84 bits per heavy atom. The van der Waals surface area contributed by atoms with Crippen molar-refractivity contribution in [3.05, 3.63) is 59.7 Å². The number of morpholine rings is 1. The van der Waals surface area contributed by atoms with Crippen LogP contribution < -0.4 is 0 Å². The van der Waals surface area contributed by atoms with Crippen LogP contribution in [-0.2, 0) is 17.8 Å². The van der Waals surface area contributed by atoms with Gasteiger partial charge in [0.05, 0.1) is 18.4 Å². The molecule has 4 rings (SSSR count). The quantitative estimate of drug-likeness (QED) is 0.855. The Bertz CT molecular complexity index is 693. The molecule has 0 radical (unpaired) electrons. The fraction of sp³-hybridized carbons (Fsp3) is 0.500. The van der Waals surface area contributed by atoms with Crippen LogP contribution in [0.15, 0.2) is 42.9 Å². The number of likely N-dealkylation sites (tertiary alicyclic amines) is 1. The predicted octanol–water partition coefficient (Wildman–Crippen LogP) is 2.26. The maximum absolute atomic E-state index is 6.08. The van der Waals surface area contributed by atoms with Gasteiger partial charge in [-0.05, 0) is 42.7 Å². The molecule has 0 N–H and O–H groups in total. The Hall–Kier alpha value is -1.82. The van der Waals surface area contributed by atoms with Crippen molar-refractivity contribution in [1.29, 1.82) is 0 Å². The molecule has 0 aromatic carbocycles. The lowest BCUT2D eigenvalue weighted by Gasteiger charge is -2.47. The number of aromatic nitrogens is 2. The maximum atomic E-state index is 6.08. The number of hydrogen-bond donors (Lipinski definition) is 0. The van der Waals surface area contributed by atoms with Crippen LogP contribution in [0.5, 0.6) is 0 Å². The molecule has 0 unspecified atom stereocenters. The van der Waals surface area contributed by atoms with E-state index in [9.17, 15) is 0 Å². The number of aryl methyl sites for hydroxylation is 1. The SMILES string of the molecule is Cc1cccnc1CN1CC[C@@H]2OCCN(Cc3ccncc3)[C@H]2C1. The van der Waals surface area contributed by atoms with Crippen LogP contribution in [0.2, 0.25) is 0 Å². The first-order valence-electron chi connectivity index (χ1n) is 9.17. The van der Waals surface area contributed by atoms with Crippen molar-refractivity contribution in [2.24, 2.45) is 0 Å². The standard InChI is InChI=1S/C20H26N4O/c1-16-3-2-7-22-18(16)14-23-10-6-20-19(15-23)24(11-12-25-20)13-17-4-8-21-9-5-17/h2-5,7-9,19-20H,6,10-15H2,1H3/t19-,20-/m0/s1. The van der Waals surface area contributed by atoms with Crippen LogP contribution in [0.1, 0.15) is 23.2 Å². The molecule has 2 aromatic heterocycles. The number of ether oxygens (including phenoxy) is 1. The molecule has 2 aliphatic heterocycles. The number of pyridine rings is 2. The molecular formula is C20H26N4O. The molecule has 5 nitrogen and oxygen atoms in total. The van der Waals surface area contributed by atoms with E-state index in [1.54, 1.807) is 0 Å². The molecule has 2 aromatic rings. The predicted molar refractivity (Wildman–Crippen MR) is 97.0 cm³/mol. The zero-order valence-electron chi connectivity index (χ0n) is 14.8. The van der Waals surface area contributed by atoms with Gasteiger partial charge >= 0.3 is 0 Å². The minimum atomic E-state index is 0.358. The van der Waals surface area contributed by atoms with Crippen molar-refractivity contribution >= 4 is 0 Å². The summed E-state index contributed by atoms with van der Waals surface area (Å²) in [5.74, 6) is 0. The Morgan fingerprint density at radius 2 is 2.00 bits per heavy atom. The summed E-state index contributed by atoms with van der Waals surface area (Å²) in [5.41, 5.74) is 3.80. The Morgan fingerprint density at radius 1 is 1.12 bits per heavy atom. The third kappa shape index (κ3) is 3.89. The van der Waals surface area contributed by atoms with E-state index in [2.05, 4.69) is 44.9 Å². The van der Waals surface area contributed by atoms with Crippen molar-refractivity contribution in [3.8, 4) is 0 Å². The smallest absolute Gasteiger partial charge is 0.0755 e. The molecule has 5 heteroatoms. The van der Waals surface area contributed by atoms with Crippen molar-refractivity contribution < 1.29 is 4.74 Å². The zero-order valence-corrected chi connectivity index (χ0v) is 14.8. The lowest BCUT2D eigenvalue weighted by molar-refractivity contribution is -0.107. The minimum Gasteiger partial charge on any atom is -0.375 e. The summed E-state index contributed by atoms with van der Waals surface area (Å²) in [6.45, 7) is 8.02. The van der Waals surface area contributed by atoms with E-state index in [0.29, 0.717) is 12.1 Å². The van der Waals surface area contributed by atoms with E-state index in [0.717, 1.165) is 45.8 Å². The van der Waals surface area contributed by atoms with Crippen molar-refractivity contribution in [2.45, 2.75) is 38.6 Å². The van der Waals surface area contributed by atoms with E-state index >= 15 is 0 Å². The summed E-state index contributed by atoms with van der Waals surface area (Å²) >= 11 is 0. The Balaban J connectivity index is 1.45. The molecule has 4 heterocycles. The molecule has 25 heavy (non-hydrogen) atoms. The van der Waals surface area contributed by atoms with Crippen molar-refractivity contribution in [1.82, 2.24) is 19.8 Å². The topological polar surface area (TPSA) is 41.5 Å². The fourth-order valence-electron chi connectivity index (χ4n) is 3.97. The van der Waals surface area contributed by atoms with Gasteiger partial charge < -0.3 is 4.74 Å². The second-order valence-corrected chi connectivity index (χ2v) is 7.09. The molecule has 0 amide bonds. The van der Waals surface area contributed by atoms with E-state index < -0.39 is 0 Å². The van der Waals surface area contributed by atoms with E-state index in [1.807, 2.05) is 24.7 Å². The van der Waals surface area contributed by atoms with E-state index in [-0.39, 0.29) is 0 Å². The maximum Gasteiger partial charge on any atom is 0.0755 e. The van der Waals surface area contributed by atoms with Gasteiger partial charge in [0.25, 0.3) is 0 Å². The molecule has 0 aliphatic carbocycles. The lowest BCUT2D eigenvalue weighted by atomic mass is 9.97. The van der Waals surface area contributed by atoms with Crippen LogP contribution >= 0.6 is 0 Å². The van der Waals surface area contributed by atoms with Crippen LogP contribution in [0.4, 0.5) is 0 Å². The van der Waals surface area contributed by atoms with E-state index in [4.69, 9.17) is 4.74 Å². The highest BCUT2D eigenvalue weighted by atomic mass is 16.5. The number of nitrogens with zero attached hydrogens (tertiary/aromatic N) is 4. The van der Waals surface area contributed by atoms with Gasteiger partial charge in [-0.1, -0.05) is 6.07 Å². The van der Waals surface area contributed by atoms with Gasteiger partial charge in [-0.3, -0.25) is 19.8 Å². The minimum absolute atomic E-state index is 0.358. The molecule has 2 saturated heterocycles. The lowest BCUT2D eigenvalue weighted by Crippen LogP contribution is -2.59. The Labute approximate surface area is 149 Å². The molecule has 132 valence electrons. The summed E-state index contributed by atoms with van der Waals surface area (Å²) < 4.78 is 6.08. The van der Waals surface area contributed by atoms with Crippen LogP contribution in [0.25, 0.3) is 0 Å². The molecule has 2 fully saturated rings. The van der Waals surface area contributed by atoms with E-state index in [1.165, 1.54) is 16.8 Å². The van der Waals surface area contributed by atoms with Crippen molar-refractivity contribution in [2.75, 3.05) is 26.2 Å². The highest BCUT2D eigenvalue weighted by Crippen LogP contribution is 2.25. The first-order valence-corrected chi connectivity index (χ1v) is 9.17. The van der Waals surface area contributed by atoms with Gasteiger partial charge in [0.15, 0.2) is 0 Å². The van der Waals surface area contributed by atoms with Crippen molar-refractivity contribution in [3.63, 3.8) is 0 Å². The summed E-state index contributed by atoms with van der Waals surface area (Å²) in [4.78, 5) is 13.8. The third-order valence-electron chi connectivity index (χ3n) is 5.41. The summed E-state index contributed by atoms with van der Waals surface area (Å²) in [6, 6.07) is 8.84. The molecule has 0 saturated carbocycles. The van der Waals surface area contributed by atoms with Crippen LogP contribution in [0.3, 0.4) is 0 Å². The number of rotatable bonds is 4. The monoisotopic (exact) mass is 338 g/mol. The second kappa shape index (κ2) is 7.60. The van der Waals surface area contributed by atoms with Gasteiger partial charge in [0.2, 0.25) is 0 Å². The largest absolute Gasteiger partial charge is 0.375 e. The first-order chi connectivity index (χ1) is 12.3. The third-order valence-corrected chi connectivity index (χ3v) is 5.41. The number of piperidine rings is 1. The summed E-state index contributed by atoms with van der Waals surface area (Å²) in [5, 5.41) is 0. The van der Waals surface area contributed by atoms with Crippen LogP contribution in [0, 0.1) is 6.92 Å². The average Bonchev–Trinajstić information content (AvgIpc) is 2.65. The second-order valence-electron chi connectivity index (χ2n) is 7.09. The van der Waals surface area contributed by atoms with Crippen LogP contribution in [-0.4, -0.2) is 58.2 Å². The molecule has 0 spiro atoms. The molecule has 2 aliphatic rings. The Kier molecular flexibility index (Phi) is 5.06. The van der Waals surface area contributed by atoms with Gasteiger partial charge in [-0.2, -0.15) is 0 Å². The van der Waals surface area contributed by atoms with Gasteiger partial charge in [-0.25, -0.2) is 0 Å². The number of hydrogen-bond acceptors (Lipinski definition) is 5. The molecule has 0 bridgehead atoms. The normalized spacial score (nSPS) is 24.8. The summed E-state index contributed by atoms with van der Waals surface area (Å²) in [7, 11) is 0. The average molecular weight is 338 g/mol. The molecular weight excluding hydrogens is 312 g/mol. The summed E-state index contributed by atoms with van der Waals surface area (Å²) in [6.07, 6.45) is 7.11. The van der Waals surface area contributed by atoms with Gasteiger partial charge in [0.1, 0.15) is 0 Å². The van der Waals surface area contributed by atoms with Gasteiger partial charge in [-0.15, -0.1) is 0 Å². The highest BCUT2D eigenvalue weighted by molar-refractivity contribution is 5.17.